The third-order valence-electron chi connectivity index (χ3n) is 3.48. The quantitative estimate of drug-likeness (QED) is 0.573. The number of nitrogens with two attached hydrogens (primary N) is 1. The summed E-state index contributed by atoms with van der Waals surface area (Å²) in [5.74, 6) is -2.61. The molecule has 144 valence electrons. The number of carbonyl (C=O) groups is 4. The highest BCUT2D eigenvalue weighted by Gasteiger charge is 2.27. The molecule has 0 aliphatic rings. The number of rotatable bonds is 8. The van der Waals surface area contributed by atoms with E-state index in [-0.39, 0.29) is 22.4 Å². The Morgan fingerprint density at radius 1 is 1.15 bits per heavy atom. The number of thiophene rings is 2. The molecule has 0 saturated carbocycles. The number of amides is 3. The van der Waals surface area contributed by atoms with Crippen LogP contribution in [0.4, 0.5) is 5.00 Å². The highest BCUT2D eigenvalue weighted by atomic mass is 32.1. The molecule has 0 bridgehead atoms. The van der Waals surface area contributed by atoms with Crippen molar-refractivity contribution >= 4 is 51.4 Å². The molecule has 0 aliphatic heterocycles. The number of primary amides is 1. The maximum Gasteiger partial charge on any atom is 0.329 e. The minimum Gasteiger partial charge on any atom is -0.454 e. The summed E-state index contributed by atoms with van der Waals surface area (Å²) >= 11 is 2.38. The van der Waals surface area contributed by atoms with E-state index in [1.165, 1.54) is 17.4 Å². The summed E-state index contributed by atoms with van der Waals surface area (Å²) in [7, 11) is 0. The monoisotopic (exact) mass is 409 g/mol. The van der Waals surface area contributed by atoms with Gasteiger partial charge in [0.05, 0.1) is 10.4 Å². The topological polar surface area (TPSA) is 128 Å². The molecule has 1 atom stereocenters. The van der Waals surface area contributed by atoms with E-state index in [1.54, 1.807) is 36.7 Å². The van der Waals surface area contributed by atoms with Crippen molar-refractivity contribution in [2.45, 2.75) is 19.9 Å². The fourth-order valence-electron chi connectivity index (χ4n) is 2.11. The van der Waals surface area contributed by atoms with Crippen molar-refractivity contribution < 1.29 is 23.9 Å². The van der Waals surface area contributed by atoms with Gasteiger partial charge in [0.2, 0.25) is 0 Å². The molecule has 8 nitrogen and oxygen atoms in total. The summed E-state index contributed by atoms with van der Waals surface area (Å²) in [5.41, 5.74) is 5.39. The van der Waals surface area contributed by atoms with E-state index in [9.17, 15) is 19.2 Å². The Morgan fingerprint density at radius 2 is 1.89 bits per heavy atom. The second-order valence-corrected chi connectivity index (χ2v) is 7.72. The third kappa shape index (κ3) is 5.63. The number of ether oxygens (including phenoxy) is 1. The fourth-order valence-corrected chi connectivity index (χ4v) is 3.54. The molecular weight excluding hydrogens is 390 g/mol. The normalized spacial score (nSPS) is 11.7. The van der Waals surface area contributed by atoms with Crippen LogP contribution in [0.25, 0.3) is 0 Å². The molecule has 2 heterocycles. The molecule has 2 aromatic heterocycles. The molecule has 0 fully saturated rings. The lowest BCUT2D eigenvalue weighted by atomic mass is 10.0. The van der Waals surface area contributed by atoms with Crippen LogP contribution in [0.1, 0.15) is 33.9 Å². The molecule has 0 saturated heterocycles. The van der Waals surface area contributed by atoms with Gasteiger partial charge in [0.15, 0.2) is 6.61 Å². The first-order valence-corrected chi connectivity index (χ1v) is 9.73. The van der Waals surface area contributed by atoms with Crippen molar-refractivity contribution in [3.05, 3.63) is 39.4 Å². The molecule has 4 N–H and O–H groups in total. The first kappa shape index (κ1) is 20.6. The molecule has 0 aliphatic carbocycles. The molecule has 2 aromatic rings. The van der Waals surface area contributed by atoms with E-state index < -0.39 is 30.4 Å². The Bertz CT molecular complexity index is 830. The van der Waals surface area contributed by atoms with Crippen LogP contribution in [-0.2, 0) is 14.3 Å². The van der Waals surface area contributed by atoms with Gasteiger partial charge >= 0.3 is 5.97 Å². The van der Waals surface area contributed by atoms with Crippen LogP contribution in [0.5, 0.6) is 0 Å². The molecule has 3 amide bonds. The smallest absolute Gasteiger partial charge is 0.329 e. The van der Waals surface area contributed by atoms with Gasteiger partial charge in [-0.15, -0.1) is 22.7 Å². The minimum absolute atomic E-state index is 0.183. The van der Waals surface area contributed by atoms with Crippen molar-refractivity contribution in [3.8, 4) is 0 Å². The Morgan fingerprint density at radius 3 is 2.48 bits per heavy atom. The molecule has 2 rings (SSSR count). The zero-order valence-electron chi connectivity index (χ0n) is 14.7. The number of hydrogen-bond donors (Lipinski definition) is 3. The van der Waals surface area contributed by atoms with Crippen LogP contribution in [-0.4, -0.2) is 36.3 Å². The van der Waals surface area contributed by atoms with Gasteiger partial charge in [-0.1, -0.05) is 19.9 Å². The van der Waals surface area contributed by atoms with Gasteiger partial charge in [0.1, 0.15) is 11.0 Å². The molecule has 0 radical (unpaired) electrons. The molecule has 0 unspecified atom stereocenters. The predicted octanol–water partition coefficient (Wildman–Crippen LogP) is 1.84. The van der Waals surface area contributed by atoms with E-state index in [4.69, 9.17) is 10.5 Å². The summed E-state index contributed by atoms with van der Waals surface area (Å²) in [4.78, 5) is 48.1. The third-order valence-corrected chi connectivity index (χ3v) is 5.18. The van der Waals surface area contributed by atoms with Crippen molar-refractivity contribution in [2.75, 3.05) is 11.9 Å². The largest absolute Gasteiger partial charge is 0.454 e. The first-order valence-electron chi connectivity index (χ1n) is 7.97. The summed E-state index contributed by atoms with van der Waals surface area (Å²) in [6.45, 7) is 2.96. The zero-order chi connectivity index (χ0) is 20.0. The van der Waals surface area contributed by atoms with Crippen molar-refractivity contribution in [3.63, 3.8) is 0 Å². The Kier molecular flexibility index (Phi) is 7.08. The second-order valence-electron chi connectivity index (χ2n) is 5.86. The second kappa shape index (κ2) is 9.28. The molecule has 0 aromatic carbocycles. The van der Waals surface area contributed by atoms with Crippen LogP contribution in [0, 0.1) is 5.92 Å². The fraction of sp³-hybridized carbons (Fsp3) is 0.294. The summed E-state index contributed by atoms with van der Waals surface area (Å²) in [6, 6.07) is 3.98. The summed E-state index contributed by atoms with van der Waals surface area (Å²) in [5, 5.41) is 8.74. The van der Waals surface area contributed by atoms with Crippen molar-refractivity contribution in [1.29, 1.82) is 0 Å². The Balaban J connectivity index is 1.91. The van der Waals surface area contributed by atoms with Crippen LogP contribution in [0.3, 0.4) is 0 Å². The van der Waals surface area contributed by atoms with E-state index in [1.807, 2.05) is 0 Å². The van der Waals surface area contributed by atoms with Gasteiger partial charge in [-0.2, -0.15) is 0 Å². The Hall–Kier alpha value is -2.72. The van der Waals surface area contributed by atoms with Gasteiger partial charge in [-0.05, 0) is 28.8 Å². The van der Waals surface area contributed by atoms with Crippen LogP contribution in [0.15, 0.2) is 29.0 Å². The number of hydrogen-bond acceptors (Lipinski definition) is 7. The Labute approximate surface area is 163 Å². The molecule has 10 heteroatoms. The maximum absolute atomic E-state index is 12.3. The van der Waals surface area contributed by atoms with Gasteiger partial charge in [-0.3, -0.25) is 14.4 Å². The van der Waals surface area contributed by atoms with Crippen LogP contribution in [0.2, 0.25) is 0 Å². The minimum atomic E-state index is -0.893. The lowest BCUT2D eigenvalue weighted by Gasteiger charge is -2.20. The van der Waals surface area contributed by atoms with E-state index in [2.05, 4.69) is 10.6 Å². The first-order chi connectivity index (χ1) is 12.8. The van der Waals surface area contributed by atoms with E-state index in [0.29, 0.717) is 4.88 Å². The molecule has 27 heavy (non-hydrogen) atoms. The lowest BCUT2D eigenvalue weighted by molar-refractivity contribution is -0.150. The van der Waals surface area contributed by atoms with E-state index in [0.717, 1.165) is 11.3 Å². The average Bonchev–Trinajstić information content (AvgIpc) is 3.28. The molecule has 0 spiro atoms. The van der Waals surface area contributed by atoms with Gasteiger partial charge in [0, 0.05) is 0 Å². The van der Waals surface area contributed by atoms with Crippen LogP contribution >= 0.6 is 22.7 Å². The highest BCUT2D eigenvalue weighted by molar-refractivity contribution is 7.14. The summed E-state index contributed by atoms with van der Waals surface area (Å²) < 4.78 is 5.02. The maximum atomic E-state index is 12.3. The predicted molar refractivity (Wildman–Crippen MR) is 103 cm³/mol. The zero-order valence-corrected chi connectivity index (χ0v) is 16.3. The highest BCUT2D eigenvalue weighted by Crippen LogP contribution is 2.22. The van der Waals surface area contributed by atoms with Gasteiger partial charge in [-0.25, -0.2) is 4.79 Å². The number of nitrogens with one attached hydrogen (secondary N) is 2. The van der Waals surface area contributed by atoms with Crippen molar-refractivity contribution in [2.24, 2.45) is 11.7 Å². The average molecular weight is 409 g/mol. The van der Waals surface area contributed by atoms with E-state index >= 15 is 0 Å². The number of carbonyl (C=O) groups excluding carboxylic acids is 4. The summed E-state index contributed by atoms with van der Waals surface area (Å²) in [6.07, 6.45) is 0. The van der Waals surface area contributed by atoms with Crippen LogP contribution < -0.4 is 16.4 Å². The lowest BCUT2D eigenvalue weighted by Crippen LogP contribution is -2.45. The molecular formula is C17H19N3O5S2. The SMILES string of the molecule is CC(C)[C@H](NC(=O)c1cccs1)C(=O)OCC(=O)Nc1sccc1C(N)=O. The van der Waals surface area contributed by atoms with Crippen molar-refractivity contribution in [1.82, 2.24) is 5.32 Å². The number of anilines is 1. The standard InChI is InChI=1S/C17H19N3O5S2/c1-9(2)13(20-15(23)11-4-3-6-26-11)17(24)25-8-12(21)19-16-10(14(18)22)5-7-27-16/h3-7,9,13H,8H2,1-2H3,(H2,18,22)(H,19,21)(H,20,23)/t13-/m0/s1. The van der Waals surface area contributed by atoms with Gasteiger partial charge < -0.3 is 21.1 Å². The number of esters is 1. The van der Waals surface area contributed by atoms with Gasteiger partial charge in [0.25, 0.3) is 17.7 Å².